The van der Waals surface area contributed by atoms with Gasteiger partial charge in [0.05, 0.1) is 23.7 Å². The zero-order chi connectivity index (χ0) is 20.8. The van der Waals surface area contributed by atoms with Crippen molar-refractivity contribution in [2.24, 2.45) is 0 Å². The summed E-state index contributed by atoms with van der Waals surface area (Å²) in [5, 5.41) is 1.32. The van der Waals surface area contributed by atoms with Gasteiger partial charge in [-0.15, -0.1) is 12.4 Å². The normalized spacial score (nSPS) is 10.8. The van der Waals surface area contributed by atoms with Gasteiger partial charge in [0.1, 0.15) is 5.75 Å². The molecule has 0 unspecified atom stereocenters. The summed E-state index contributed by atoms with van der Waals surface area (Å²) in [6.07, 6.45) is 0.247. The molecule has 0 aliphatic rings. The number of anilines is 1. The number of likely N-dealkylation sites (N-methyl/N-ethyl adjacent to an activating group) is 1. The lowest BCUT2D eigenvalue weighted by molar-refractivity contribution is -0.118. The Morgan fingerprint density at radius 2 is 1.87 bits per heavy atom. The summed E-state index contributed by atoms with van der Waals surface area (Å²) in [4.78, 5) is 22.1. The number of benzene rings is 2. The molecule has 0 N–H and O–H groups in total. The summed E-state index contributed by atoms with van der Waals surface area (Å²) in [5.74, 6) is 0.779. The summed E-state index contributed by atoms with van der Waals surface area (Å²) in [5.41, 5.74) is 1.69. The minimum Gasteiger partial charge on any atom is -0.497 e. The van der Waals surface area contributed by atoms with Crippen LogP contribution in [0.3, 0.4) is 0 Å². The van der Waals surface area contributed by atoms with Crippen molar-refractivity contribution in [2.45, 2.75) is 20.3 Å². The summed E-state index contributed by atoms with van der Waals surface area (Å²) in [7, 11) is 1.65. The van der Waals surface area contributed by atoms with E-state index in [9.17, 15) is 4.79 Å². The highest BCUT2D eigenvalue weighted by molar-refractivity contribution is 7.22. The molecule has 0 saturated heterocycles. The maximum Gasteiger partial charge on any atom is 0.233 e. The van der Waals surface area contributed by atoms with Crippen LogP contribution in [0.5, 0.6) is 5.75 Å². The lowest BCUT2D eigenvalue weighted by Crippen LogP contribution is -2.39. The zero-order valence-electron chi connectivity index (χ0n) is 17.4. The molecule has 2 aromatic carbocycles. The number of halogens is 2. The minimum absolute atomic E-state index is 0. The van der Waals surface area contributed by atoms with Gasteiger partial charge in [-0.05, 0) is 42.9 Å². The number of carbonyl (C=O) groups is 1. The summed E-state index contributed by atoms with van der Waals surface area (Å²) < 4.78 is 6.31. The van der Waals surface area contributed by atoms with Gasteiger partial charge >= 0.3 is 0 Å². The predicted molar refractivity (Wildman–Crippen MR) is 129 cm³/mol. The summed E-state index contributed by atoms with van der Waals surface area (Å²) in [6, 6.07) is 13.2. The van der Waals surface area contributed by atoms with E-state index in [4.69, 9.17) is 21.3 Å². The Labute approximate surface area is 193 Å². The van der Waals surface area contributed by atoms with E-state index in [0.29, 0.717) is 16.7 Å². The van der Waals surface area contributed by atoms with E-state index in [0.717, 1.165) is 41.2 Å². The van der Waals surface area contributed by atoms with Crippen molar-refractivity contribution in [1.29, 1.82) is 0 Å². The second-order valence-electron chi connectivity index (χ2n) is 6.67. The van der Waals surface area contributed by atoms with Gasteiger partial charge in [-0.3, -0.25) is 9.69 Å². The van der Waals surface area contributed by atoms with E-state index in [1.54, 1.807) is 12.0 Å². The van der Waals surface area contributed by atoms with Crippen molar-refractivity contribution < 1.29 is 9.53 Å². The van der Waals surface area contributed by atoms with Crippen LogP contribution in [0.2, 0.25) is 5.02 Å². The van der Waals surface area contributed by atoms with Crippen LogP contribution in [0.25, 0.3) is 10.2 Å². The van der Waals surface area contributed by atoms with Gasteiger partial charge in [-0.2, -0.15) is 0 Å². The molecule has 0 bridgehead atoms. The van der Waals surface area contributed by atoms with Crippen LogP contribution in [0.1, 0.15) is 19.4 Å². The second kappa shape index (κ2) is 11.5. The Morgan fingerprint density at radius 3 is 2.53 bits per heavy atom. The van der Waals surface area contributed by atoms with Crippen LogP contribution >= 0.6 is 35.3 Å². The zero-order valence-corrected chi connectivity index (χ0v) is 19.8. The first-order valence-corrected chi connectivity index (χ1v) is 11.0. The molecule has 0 spiro atoms. The number of hydrogen-bond acceptors (Lipinski definition) is 5. The predicted octanol–water partition coefficient (Wildman–Crippen LogP) is 5.30. The first-order chi connectivity index (χ1) is 14.0. The average molecular weight is 468 g/mol. The minimum atomic E-state index is -0.00345. The van der Waals surface area contributed by atoms with Gasteiger partial charge in [0.25, 0.3) is 0 Å². The lowest BCUT2D eigenvalue weighted by atomic mass is 10.1. The van der Waals surface area contributed by atoms with Gasteiger partial charge in [-0.1, -0.05) is 55.0 Å². The molecule has 162 valence electrons. The smallest absolute Gasteiger partial charge is 0.233 e. The van der Waals surface area contributed by atoms with Crippen LogP contribution in [0.4, 0.5) is 5.13 Å². The third-order valence-electron chi connectivity index (χ3n) is 4.95. The topological polar surface area (TPSA) is 45.7 Å². The van der Waals surface area contributed by atoms with E-state index in [2.05, 4.69) is 18.7 Å². The fourth-order valence-electron chi connectivity index (χ4n) is 3.14. The largest absolute Gasteiger partial charge is 0.497 e. The number of methoxy groups -OCH3 is 1. The Kier molecular flexibility index (Phi) is 9.37. The number of amides is 1. The van der Waals surface area contributed by atoms with Gasteiger partial charge in [0, 0.05) is 18.1 Å². The number of ether oxygens (including phenoxy) is 1. The monoisotopic (exact) mass is 467 g/mol. The highest BCUT2D eigenvalue weighted by Crippen LogP contribution is 2.32. The van der Waals surface area contributed by atoms with Crippen LogP contribution < -0.4 is 9.64 Å². The van der Waals surface area contributed by atoms with Crippen LogP contribution in [0, 0.1) is 0 Å². The molecule has 3 rings (SSSR count). The van der Waals surface area contributed by atoms with Gasteiger partial charge in [-0.25, -0.2) is 4.98 Å². The van der Waals surface area contributed by atoms with Gasteiger partial charge in [0.15, 0.2) is 5.13 Å². The summed E-state index contributed by atoms with van der Waals surface area (Å²) in [6.45, 7) is 7.52. The lowest BCUT2D eigenvalue weighted by Gasteiger charge is -2.25. The Bertz CT molecular complexity index is 976. The molecule has 3 aromatic rings. The molecule has 0 aliphatic heterocycles. The molecule has 1 amide bonds. The summed E-state index contributed by atoms with van der Waals surface area (Å²) >= 11 is 7.79. The molecule has 1 aromatic heterocycles. The molecule has 0 saturated carbocycles. The maximum atomic E-state index is 13.2. The standard InChI is InChI=1S/C22H26ClN3O2S.ClH/c1-4-25(5-2)12-13-26(21(27)14-16-8-6-7-9-18(16)23)22-24-19-11-10-17(28-3)15-20(19)29-22;/h6-11,15H,4-5,12-14H2,1-3H3;1H. The quantitative estimate of drug-likeness (QED) is 0.428. The van der Waals surface area contributed by atoms with E-state index in [1.807, 2.05) is 42.5 Å². The third-order valence-corrected chi connectivity index (χ3v) is 6.36. The fourth-order valence-corrected chi connectivity index (χ4v) is 4.38. The number of aromatic nitrogens is 1. The average Bonchev–Trinajstić information content (AvgIpc) is 3.15. The Hall–Kier alpha value is -1.86. The highest BCUT2D eigenvalue weighted by atomic mass is 35.5. The van der Waals surface area contributed by atoms with Gasteiger partial charge < -0.3 is 9.64 Å². The first-order valence-electron chi connectivity index (χ1n) is 9.76. The second-order valence-corrected chi connectivity index (χ2v) is 8.09. The molecule has 0 aliphatic carbocycles. The Balaban J connectivity index is 0.00000320. The fraction of sp³-hybridized carbons (Fsp3) is 0.364. The van der Waals surface area contributed by atoms with E-state index >= 15 is 0 Å². The van der Waals surface area contributed by atoms with Crippen LogP contribution in [0.15, 0.2) is 42.5 Å². The van der Waals surface area contributed by atoms with Crippen LogP contribution in [-0.2, 0) is 11.2 Å². The molecule has 30 heavy (non-hydrogen) atoms. The van der Waals surface area contributed by atoms with Crippen molar-refractivity contribution >= 4 is 56.6 Å². The van der Waals surface area contributed by atoms with Crippen molar-refractivity contribution in [3.8, 4) is 5.75 Å². The molecule has 5 nitrogen and oxygen atoms in total. The molecule has 0 atom stereocenters. The van der Waals surface area contributed by atoms with Crippen LogP contribution in [-0.4, -0.2) is 49.1 Å². The Morgan fingerprint density at radius 1 is 1.13 bits per heavy atom. The van der Waals surface area contributed by atoms with E-state index in [-0.39, 0.29) is 24.7 Å². The van der Waals surface area contributed by atoms with E-state index in [1.165, 1.54) is 11.3 Å². The number of fused-ring (bicyclic) bond motifs is 1. The number of thiazole rings is 1. The van der Waals surface area contributed by atoms with Crippen molar-refractivity contribution in [1.82, 2.24) is 9.88 Å². The maximum absolute atomic E-state index is 13.2. The number of rotatable bonds is 9. The van der Waals surface area contributed by atoms with E-state index < -0.39 is 0 Å². The number of hydrogen-bond donors (Lipinski definition) is 0. The molecule has 0 radical (unpaired) electrons. The molecule has 8 heteroatoms. The van der Waals surface area contributed by atoms with Crippen molar-refractivity contribution in [3.63, 3.8) is 0 Å². The highest BCUT2D eigenvalue weighted by Gasteiger charge is 2.21. The molecule has 1 heterocycles. The third kappa shape index (κ3) is 5.85. The SMILES string of the molecule is CCN(CC)CCN(C(=O)Cc1ccccc1Cl)c1nc2ccc(OC)cc2s1.Cl. The number of carbonyl (C=O) groups excluding carboxylic acids is 1. The molecular weight excluding hydrogens is 441 g/mol. The van der Waals surface area contributed by atoms with Crippen molar-refractivity contribution in [3.05, 3.63) is 53.1 Å². The van der Waals surface area contributed by atoms with Gasteiger partial charge in [0.2, 0.25) is 5.91 Å². The first kappa shape index (κ1) is 24.4. The molecular formula is C22H27Cl2N3O2S. The van der Waals surface area contributed by atoms with Crippen molar-refractivity contribution in [2.75, 3.05) is 38.2 Å². The number of nitrogens with zero attached hydrogens (tertiary/aromatic N) is 3. The molecule has 0 fully saturated rings.